The molecule has 5 nitrogen and oxygen atoms in total. The highest BCUT2D eigenvalue weighted by Crippen LogP contribution is 2.39. The summed E-state index contributed by atoms with van der Waals surface area (Å²) in [5, 5.41) is 5.53. The van der Waals surface area contributed by atoms with Crippen molar-refractivity contribution in [2.45, 2.75) is 63.1 Å². The Balaban J connectivity index is 1.51. The van der Waals surface area contributed by atoms with Gasteiger partial charge >= 0.3 is 12.4 Å². The van der Waals surface area contributed by atoms with E-state index < -0.39 is 12.4 Å². The second-order valence-electron chi connectivity index (χ2n) is 6.91. The maximum atomic E-state index is 12.4. The summed E-state index contributed by atoms with van der Waals surface area (Å²) < 4.78 is 47.2. The van der Waals surface area contributed by atoms with Gasteiger partial charge in [0.2, 0.25) is 0 Å². The number of alkyl halides is 3. The van der Waals surface area contributed by atoms with E-state index in [1.54, 1.807) is 6.07 Å². The quantitative estimate of drug-likeness (QED) is 0.843. The van der Waals surface area contributed by atoms with Crippen molar-refractivity contribution in [3.8, 4) is 5.75 Å². The predicted octanol–water partition coefficient (Wildman–Crippen LogP) is 3.88. The van der Waals surface area contributed by atoms with E-state index >= 15 is 0 Å². The molecule has 1 heterocycles. The Morgan fingerprint density at radius 2 is 2.00 bits per heavy atom. The maximum Gasteiger partial charge on any atom is 0.573 e. The van der Waals surface area contributed by atoms with Crippen LogP contribution in [0.3, 0.4) is 0 Å². The number of hydrogen-bond donors (Lipinski definition) is 2. The minimum absolute atomic E-state index is 0.0171. The van der Waals surface area contributed by atoms with Crippen molar-refractivity contribution in [1.29, 1.82) is 0 Å². The van der Waals surface area contributed by atoms with Crippen LogP contribution in [0.15, 0.2) is 24.3 Å². The molecule has 1 unspecified atom stereocenters. The Bertz CT molecular complexity index is 630. The van der Waals surface area contributed by atoms with Crippen LogP contribution in [0.2, 0.25) is 0 Å². The van der Waals surface area contributed by atoms with Gasteiger partial charge in [-0.3, -0.25) is 0 Å². The number of halogens is 3. The molecule has 1 aromatic carbocycles. The first kappa shape index (κ1) is 18.8. The van der Waals surface area contributed by atoms with E-state index in [1.807, 2.05) is 0 Å². The molecule has 0 aromatic heterocycles. The Hall–Kier alpha value is -1.96. The van der Waals surface area contributed by atoms with Gasteiger partial charge in [-0.15, -0.1) is 13.2 Å². The van der Waals surface area contributed by atoms with Gasteiger partial charge in [-0.2, -0.15) is 0 Å². The van der Waals surface area contributed by atoms with Crippen molar-refractivity contribution < 1.29 is 27.4 Å². The van der Waals surface area contributed by atoms with Gasteiger partial charge in [0.05, 0.1) is 5.60 Å². The zero-order chi connectivity index (χ0) is 18.6. The molecular weight excluding hydrogens is 349 g/mol. The standard InChI is InChI=1S/C18H23F3N2O3/c19-18(20,21)26-15-6-2-1-5-13(15)12-22-16(24)23-14-7-10-25-17(11-14)8-3-4-9-17/h1-2,5-6,14H,3-4,7-12H2,(H2,22,23,24). The first-order valence-corrected chi connectivity index (χ1v) is 8.87. The molecule has 2 fully saturated rings. The van der Waals surface area contributed by atoms with Crippen molar-refractivity contribution in [3.05, 3.63) is 29.8 Å². The smallest absolute Gasteiger partial charge is 0.405 e. The molecule has 0 bridgehead atoms. The number of carbonyl (C=O) groups excluding carboxylic acids is 1. The summed E-state index contributed by atoms with van der Waals surface area (Å²) in [5.74, 6) is -0.309. The summed E-state index contributed by atoms with van der Waals surface area (Å²) in [6.07, 6.45) is 1.10. The van der Waals surface area contributed by atoms with Crippen LogP contribution in [0.1, 0.15) is 44.1 Å². The third-order valence-corrected chi connectivity index (χ3v) is 4.98. The van der Waals surface area contributed by atoms with Crippen LogP contribution in [0.4, 0.5) is 18.0 Å². The lowest BCUT2D eigenvalue weighted by Gasteiger charge is -2.38. The molecular formula is C18H23F3N2O3. The summed E-state index contributed by atoms with van der Waals surface area (Å²) >= 11 is 0. The van der Waals surface area contributed by atoms with E-state index in [2.05, 4.69) is 15.4 Å². The summed E-state index contributed by atoms with van der Waals surface area (Å²) in [6, 6.07) is 5.39. The molecule has 1 aromatic rings. The summed E-state index contributed by atoms with van der Waals surface area (Å²) in [4.78, 5) is 12.2. The molecule has 0 radical (unpaired) electrons. The number of nitrogens with one attached hydrogen (secondary N) is 2. The average Bonchev–Trinajstić information content (AvgIpc) is 3.00. The number of rotatable bonds is 4. The van der Waals surface area contributed by atoms with Crippen LogP contribution >= 0.6 is 0 Å². The second kappa shape index (κ2) is 7.73. The highest BCUT2D eigenvalue weighted by Gasteiger charge is 2.40. The topological polar surface area (TPSA) is 59.6 Å². The molecule has 1 aliphatic heterocycles. The van der Waals surface area contributed by atoms with Gasteiger partial charge in [0.15, 0.2) is 0 Å². The molecule has 144 valence electrons. The molecule has 8 heteroatoms. The number of benzene rings is 1. The highest BCUT2D eigenvalue weighted by atomic mass is 19.4. The summed E-state index contributed by atoms with van der Waals surface area (Å²) in [6.45, 7) is 0.569. The number of ether oxygens (including phenoxy) is 2. The summed E-state index contributed by atoms with van der Waals surface area (Å²) in [5.41, 5.74) is 0.155. The fourth-order valence-electron chi connectivity index (χ4n) is 3.80. The molecule has 1 spiro atoms. The third-order valence-electron chi connectivity index (χ3n) is 4.98. The minimum atomic E-state index is -4.77. The van der Waals surface area contributed by atoms with Crippen LogP contribution in [0.25, 0.3) is 0 Å². The van der Waals surface area contributed by atoms with Gasteiger partial charge < -0.3 is 20.1 Å². The van der Waals surface area contributed by atoms with Gasteiger partial charge in [0, 0.05) is 24.8 Å². The van der Waals surface area contributed by atoms with E-state index in [9.17, 15) is 18.0 Å². The number of urea groups is 1. The van der Waals surface area contributed by atoms with E-state index in [0.29, 0.717) is 6.61 Å². The fourth-order valence-corrected chi connectivity index (χ4v) is 3.80. The highest BCUT2D eigenvalue weighted by molar-refractivity contribution is 5.74. The van der Waals surface area contributed by atoms with E-state index in [-0.39, 0.29) is 29.5 Å². The maximum absolute atomic E-state index is 12.4. The zero-order valence-corrected chi connectivity index (χ0v) is 14.4. The lowest BCUT2D eigenvalue weighted by atomic mass is 9.89. The van der Waals surface area contributed by atoms with Crippen LogP contribution in [-0.4, -0.2) is 30.6 Å². The molecule has 1 aliphatic carbocycles. The van der Waals surface area contributed by atoms with Gasteiger partial charge in [-0.25, -0.2) is 4.79 Å². The predicted molar refractivity (Wildman–Crippen MR) is 88.7 cm³/mol. The molecule has 2 N–H and O–H groups in total. The lowest BCUT2D eigenvalue weighted by Crippen LogP contribution is -2.49. The van der Waals surface area contributed by atoms with Crippen LogP contribution in [-0.2, 0) is 11.3 Å². The molecule has 3 rings (SSSR count). The number of carbonyl (C=O) groups is 1. The lowest BCUT2D eigenvalue weighted by molar-refractivity contribution is -0.274. The molecule has 26 heavy (non-hydrogen) atoms. The Labute approximate surface area is 150 Å². The fraction of sp³-hybridized carbons (Fsp3) is 0.611. The van der Waals surface area contributed by atoms with Gasteiger partial charge in [0.25, 0.3) is 0 Å². The van der Waals surface area contributed by atoms with Crippen LogP contribution < -0.4 is 15.4 Å². The van der Waals surface area contributed by atoms with Crippen molar-refractivity contribution >= 4 is 6.03 Å². The molecule has 1 atom stereocenters. The van der Waals surface area contributed by atoms with Crippen molar-refractivity contribution in [2.24, 2.45) is 0 Å². The molecule has 2 aliphatic rings. The Kier molecular flexibility index (Phi) is 5.60. The van der Waals surface area contributed by atoms with E-state index in [1.165, 1.54) is 18.2 Å². The van der Waals surface area contributed by atoms with Crippen molar-refractivity contribution in [1.82, 2.24) is 10.6 Å². The summed E-state index contributed by atoms with van der Waals surface area (Å²) in [7, 11) is 0. The molecule has 1 saturated heterocycles. The van der Waals surface area contributed by atoms with Crippen LogP contribution in [0.5, 0.6) is 5.75 Å². The van der Waals surface area contributed by atoms with Crippen molar-refractivity contribution in [2.75, 3.05) is 6.61 Å². The Morgan fingerprint density at radius 3 is 2.73 bits per heavy atom. The van der Waals surface area contributed by atoms with Gasteiger partial charge in [-0.1, -0.05) is 31.0 Å². The number of amides is 2. The minimum Gasteiger partial charge on any atom is -0.405 e. The first-order chi connectivity index (χ1) is 12.4. The van der Waals surface area contributed by atoms with Crippen LogP contribution in [0, 0.1) is 0 Å². The van der Waals surface area contributed by atoms with Gasteiger partial charge in [-0.05, 0) is 31.7 Å². The largest absolute Gasteiger partial charge is 0.573 e. The molecule has 1 saturated carbocycles. The third kappa shape index (κ3) is 5.03. The van der Waals surface area contributed by atoms with E-state index in [4.69, 9.17) is 4.74 Å². The average molecular weight is 372 g/mol. The normalized spacial score (nSPS) is 22.2. The van der Waals surface area contributed by atoms with Gasteiger partial charge in [0.1, 0.15) is 5.75 Å². The first-order valence-electron chi connectivity index (χ1n) is 8.87. The SMILES string of the molecule is O=C(NCc1ccccc1OC(F)(F)F)NC1CCOC2(CCCC2)C1. The second-order valence-corrected chi connectivity index (χ2v) is 6.91. The van der Waals surface area contributed by atoms with E-state index in [0.717, 1.165) is 38.5 Å². The molecule has 2 amide bonds. The number of para-hydroxylation sites is 1. The monoisotopic (exact) mass is 372 g/mol. The number of hydrogen-bond acceptors (Lipinski definition) is 3. The Morgan fingerprint density at radius 1 is 1.27 bits per heavy atom. The zero-order valence-electron chi connectivity index (χ0n) is 14.4. The van der Waals surface area contributed by atoms with Crippen molar-refractivity contribution in [3.63, 3.8) is 0 Å².